The molecule has 0 aliphatic heterocycles. The molecule has 102 valence electrons. The molecule has 0 bridgehead atoms. The van der Waals surface area contributed by atoms with Crippen molar-refractivity contribution in [3.63, 3.8) is 0 Å². The Kier molecular flexibility index (Phi) is 7.42. The predicted octanol–water partition coefficient (Wildman–Crippen LogP) is 0.517. The molecule has 0 saturated heterocycles. The van der Waals surface area contributed by atoms with E-state index in [1.807, 2.05) is 13.8 Å². The Labute approximate surface area is 107 Å². The highest BCUT2D eigenvalue weighted by atomic mass is 16.5. The molecule has 0 aliphatic rings. The lowest BCUT2D eigenvalue weighted by Crippen LogP contribution is -2.31. The van der Waals surface area contributed by atoms with E-state index in [2.05, 4.69) is 9.47 Å². The second-order valence-corrected chi connectivity index (χ2v) is 3.43. The highest BCUT2D eigenvalue weighted by Crippen LogP contribution is 2.08. The number of hydrogen-bond donors (Lipinski definition) is 0. The van der Waals surface area contributed by atoms with E-state index < -0.39 is 11.9 Å². The first-order valence-corrected chi connectivity index (χ1v) is 5.64. The summed E-state index contributed by atoms with van der Waals surface area (Å²) in [6.45, 7) is 4.76. The highest BCUT2D eigenvalue weighted by Gasteiger charge is 2.19. The normalized spacial score (nSPS) is 10.8. The van der Waals surface area contributed by atoms with Gasteiger partial charge in [0.1, 0.15) is 0 Å². The van der Waals surface area contributed by atoms with Crippen LogP contribution < -0.4 is 0 Å². The zero-order valence-corrected chi connectivity index (χ0v) is 11.2. The first kappa shape index (κ1) is 16.1. The zero-order valence-electron chi connectivity index (χ0n) is 11.2. The monoisotopic (exact) mass is 257 g/mol. The maximum Gasteiger partial charge on any atom is 0.334 e. The molecule has 0 saturated carbocycles. The fourth-order valence-corrected chi connectivity index (χ4v) is 1.37. The second-order valence-electron chi connectivity index (χ2n) is 3.43. The molecule has 0 aromatic heterocycles. The Hall–Kier alpha value is -1.85. The first-order valence-electron chi connectivity index (χ1n) is 5.64. The van der Waals surface area contributed by atoms with Gasteiger partial charge in [0, 0.05) is 19.2 Å². The summed E-state index contributed by atoms with van der Waals surface area (Å²) in [5, 5.41) is 0. The third-order valence-corrected chi connectivity index (χ3v) is 2.40. The number of rotatable bonds is 6. The lowest BCUT2D eigenvalue weighted by atomic mass is 10.1. The van der Waals surface area contributed by atoms with E-state index in [0.29, 0.717) is 13.1 Å². The Morgan fingerprint density at radius 3 is 2.00 bits per heavy atom. The van der Waals surface area contributed by atoms with Gasteiger partial charge in [-0.15, -0.1) is 0 Å². The minimum atomic E-state index is -0.707. The number of carbonyl (C=O) groups is 3. The van der Waals surface area contributed by atoms with Crippen molar-refractivity contribution < 1.29 is 23.9 Å². The van der Waals surface area contributed by atoms with Crippen molar-refractivity contribution in [2.24, 2.45) is 0 Å². The molecule has 0 heterocycles. The molecule has 0 fully saturated rings. The van der Waals surface area contributed by atoms with E-state index in [0.717, 1.165) is 6.08 Å². The van der Waals surface area contributed by atoms with Crippen LogP contribution in [0.5, 0.6) is 0 Å². The van der Waals surface area contributed by atoms with E-state index in [4.69, 9.17) is 0 Å². The summed E-state index contributed by atoms with van der Waals surface area (Å²) in [7, 11) is 2.38. The molecule has 6 nitrogen and oxygen atoms in total. The molecule has 0 aromatic rings. The lowest BCUT2D eigenvalue weighted by Gasteiger charge is -2.18. The Balaban J connectivity index is 4.91. The summed E-state index contributed by atoms with van der Waals surface area (Å²) < 4.78 is 8.94. The van der Waals surface area contributed by atoms with Crippen molar-refractivity contribution in [1.29, 1.82) is 0 Å². The molecule has 0 rings (SSSR count). The van der Waals surface area contributed by atoms with Crippen LogP contribution in [0.1, 0.15) is 20.3 Å². The van der Waals surface area contributed by atoms with Crippen LogP contribution in [0.2, 0.25) is 0 Å². The number of ether oxygens (including phenoxy) is 2. The summed E-state index contributed by atoms with van der Waals surface area (Å²) in [4.78, 5) is 35.9. The van der Waals surface area contributed by atoms with Crippen LogP contribution in [0.4, 0.5) is 0 Å². The van der Waals surface area contributed by atoms with Gasteiger partial charge in [0.25, 0.3) is 0 Å². The number of hydrogen-bond acceptors (Lipinski definition) is 5. The largest absolute Gasteiger partial charge is 0.466 e. The van der Waals surface area contributed by atoms with E-state index in [1.165, 1.54) is 14.2 Å². The fourth-order valence-electron chi connectivity index (χ4n) is 1.37. The number of amides is 1. The summed E-state index contributed by atoms with van der Waals surface area (Å²) in [6, 6.07) is 0. The number of esters is 2. The molecule has 0 aliphatic carbocycles. The van der Waals surface area contributed by atoms with Crippen molar-refractivity contribution in [2.45, 2.75) is 20.3 Å². The third kappa shape index (κ3) is 4.99. The van der Waals surface area contributed by atoms with Gasteiger partial charge in [0.05, 0.1) is 26.2 Å². The molecule has 18 heavy (non-hydrogen) atoms. The van der Waals surface area contributed by atoms with Gasteiger partial charge < -0.3 is 14.4 Å². The Bertz CT molecular complexity index is 344. The average molecular weight is 257 g/mol. The van der Waals surface area contributed by atoms with Gasteiger partial charge in [0.2, 0.25) is 5.91 Å². The molecule has 0 N–H and O–H groups in total. The summed E-state index contributed by atoms with van der Waals surface area (Å²) >= 11 is 0. The smallest absolute Gasteiger partial charge is 0.334 e. The molecule has 0 aromatic carbocycles. The van der Waals surface area contributed by atoms with E-state index in [1.54, 1.807) is 4.90 Å². The van der Waals surface area contributed by atoms with Crippen molar-refractivity contribution in [3.8, 4) is 0 Å². The number of methoxy groups -OCH3 is 2. The predicted molar refractivity (Wildman–Crippen MR) is 64.7 cm³/mol. The zero-order chi connectivity index (χ0) is 14.1. The molecule has 0 unspecified atom stereocenters. The maximum atomic E-state index is 11.8. The van der Waals surface area contributed by atoms with Gasteiger partial charge in [0.15, 0.2) is 0 Å². The molecule has 0 spiro atoms. The maximum absolute atomic E-state index is 11.8. The number of nitrogens with zero attached hydrogens (tertiary/aromatic N) is 1. The van der Waals surface area contributed by atoms with Crippen LogP contribution in [-0.4, -0.2) is 50.1 Å². The van der Waals surface area contributed by atoms with Crippen LogP contribution in [0.25, 0.3) is 0 Å². The summed E-state index contributed by atoms with van der Waals surface area (Å²) in [6.07, 6.45) is 0.802. The van der Waals surface area contributed by atoms with Crippen LogP contribution in [0.3, 0.4) is 0 Å². The van der Waals surface area contributed by atoms with E-state index in [-0.39, 0.29) is 17.9 Å². The van der Waals surface area contributed by atoms with Gasteiger partial charge in [-0.2, -0.15) is 0 Å². The standard InChI is InChI=1S/C12H19NO5/c1-5-13(6-2)10(14)7-9(12(16)18-4)8-11(15)17-3/h8H,5-7H2,1-4H3/b9-8+. The molecular formula is C12H19NO5. The van der Waals surface area contributed by atoms with Gasteiger partial charge >= 0.3 is 11.9 Å². The first-order chi connectivity index (χ1) is 8.49. The van der Waals surface area contributed by atoms with Crippen molar-refractivity contribution >= 4 is 17.8 Å². The minimum Gasteiger partial charge on any atom is -0.466 e. The molecule has 6 heteroatoms. The average Bonchev–Trinajstić information content (AvgIpc) is 2.38. The van der Waals surface area contributed by atoms with Crippen molar-refractivity contribution in [3.05, 3.63) is 11.6 Å². The van der Waals surface area contributed by atoms with E-state index in [9.17, 15) is 14.4 Å². The van der Waals surface area contributed by atoms with Crippen LogP contribution in [-0.2, 0) is 23.9 Å². The second kappa shape index (κ2) is 8.27. The quantitative estimate of drug-likeness (QED) is 0.512. The molecule has 0 radical (unpaired) electrons. The van der Waals surface area contributed by atoms with Crippen LogP contribution >= 0.6 is 0 Å². The van der Waals surface area contributed by atoms with Crippen LogP contribution in [0.15, 0.2) is 11.6 Å². The highest BCUT2D eigenvalue weighted by molar-refractivity contribution is 6.00. The summed E-state index contributed by atoms with van der Waals surface area (Å²) in [5.74, 6) is -1.63. The van der Waals surface area contributed by atoms with E-state index >= 15 is 0 Å². The summed E-state index contributed by atoms with van der Waals surface area (Å²) in [5.41, 5.74) is -0.0127. The minimum absolute atomic E-state index is 0.0127. The Morgan fingerprint density at radius 1 is 1.06 bits per heavy atom. The lowest BCUT2D eigenvalue weighted by molar-refractivity contribution is -0.140. The van der Waals surface area contributed by atoms with Crippen molar-refractivity contribution in [2.75, 3.05) is 27.3 Å². The van der Waals surface area contributed by atoms with Gasteiger partial charge in [-0.05, 0) is 13.8 Å². The fraction of sp³-hybridized carbons (Fsp3) is 0.583. The van der Waals surface area contributed by atoms with Crippen LogP contribution in [0, 0.1) is 0 Å². The van der Waals surface area contributed by atoms with Crippen molar-refractivity contribution in [1.82, 2.24) is 4.90 Å². The van der Waals surface area contributed by atoms with Gasteiger partial charge in [-0.3, -0.25) is 4.79 Å². The molecule has 0 atom stereocenters. The Morgan fingerprint density at radius 2 is 1.61 bits per heavy atom. The third-order valence-electron chi connectivity index (χ3n) is 2.40. The number of carbonyl (C=O) groups excluding carboxylic acids is 3. The molecular weight excluding hydrogens is 238 g/mol. The van der Waals surface area contributed by atoms with Gasteiger partial charge in [-0.25, -0.2) is 9.59 Å². The topological polar surface area (TPSA) is 72.9 Å². The SMILES string of the molecule is CCN(CC)C(=O)C/C(=C\C(=O)OC)C(=O)OC. The molecule has 1 amide bonds. The van der Waals surface area contributed by atoms with Gasteiger partial charge in [-0.1, -0.05) is 0 Å².